The summed E-state index contributed by atoms with van der Waals surface area (Å²) in [5.41, 5.74) is 0.712. The Kier molecular flexibility index (Phi) is 2.50. The Morgan fingerprint density at radius 1 is 1.31 bits per heavy atom. The summed E-state index contributed by atoms with van der Waals surface area (Å²) in [6, 6.07) is 5.06. The average molecular weight is 238 g/mol. The number of aryl methyl sites for hydroxylation is 1. The van der Waals surface area contributed by atoms with Crippen LogP contribution in [-0.2, 0) is 16.9 Å². The van der Waals surface area contributed by atoms with Gasteiger partial charge in [0.15, 0.2) is 9.84 Å². The first kappa shape index (κ1) is 11.1. The van der Waals surface area contributed by atoms with Gasteiger partial charge in [0.25, 0.3) is 0 Å². The highest BCUT2D eigenvalue weighted by atomic mass is 32.2. The van der Waals surface area contributed by atoms with Crippen molar-refractivity contribution in [3.8, 4) is 0 Å². The van der Waals surface area contributed by atoms with Crippen molar-refractivity contribution >= 4 is 20.7 Å². The van der Waals surface area contributed by atoms with Crippen molar-refractivity contribution in [3.63, 3.8) is 0 Å². The number of fused-ring (bicyclic) bond motifs is 1. The number of benzene rings is 1. The second-order valence-electron chi connectivity index (χ2n) is 4.12. The predicted molar refractivity (Wildman–Crippen MR) is 63.0 cm³/mol. The molecule has 0 fully saturated rings. The Balaban J connectivity index is 2.63. The van der Waals surface area contributed by atoms with E-state index in [4.69, 9.17) is 0 Å². The van der Waals surface area contributed by atoms with Gasteiger partial charge in [-0.05, 0) is 32.0 Å². The fraction of sp³-hybridized carbons (Fsp3) is 0.364. The molecule has 1 heterocycles. The van der Waals surface area contributed by atoms with Crippen LogP contribution in [0, 0.1) is 0 Å². The van der Waals surface area contributed by atoms with Crippen LogP contribution in [-0.4, -0.2) is 23.4 Å². The molecule has 1 aromatic carbocycles. The van der Waals surface area contributed by atoms with Gasteiger partial charge in [0.05, 0.1) is 15.7 Å². The first-order valence-electron chi connectivity index (χ1n) is 5.08. The van der Waals surface area contributed by atoms with Crippen LogP contribution in [0.4, 0.5) is 0 Å². The quantitative estimate of drug-likeness (QED) is 0.801. The van der Waals surface area contributed by atoms with E-state index in [-0.39, 0.29) is 0 Å². The van der Waals surface area contributed by atoms with Crippen molar-refractivity contribution < 1.29 is 8.42 Å². The summed E-state index contributed by atoms with van der Waals surface area (Å²) in [5, 5.41) is 4.74. The van der Waals surface area contributed by atoms with E-state index >= 15 is 0 Å². The topological polar surface area (TPSA) is 52.0 Å². The monoisotopic (exact) mass is 238 g/mol. The maximum absolute atomic E-state index is 11.9. The Morgan fingerprint density at radius 3 is 2.62 bits per heavy atom. The van der Waals surface area contributed by atoms with Crippen LogP contribution >= 0.6 is 0 Å². The molecule has 4 nitrogen and oxygen atoms in total. The van der Waals surface area contributed by atoms with Crippen LogP contribution in [0.15, 0.2) is 29.3 Å². The van der Waals surface area contributed by atoms with Crippen molar-refractivity contribution in [2.24, 2.45) is 7.05 Å². The van der Waals surface area contributed by atoms with Crippen LogP contribution in [0.25, 0.3) is 10.9 Å². The third kappa shape index (κ3) is 1.71. The molecule has 2 rings (SSSR count). The molecule has 0 atom stereocenters. The van der Waals surface area contributed by atoms with E-state index in [1.807, 2.05) is 13.2 Å². The minimum Gasteiger partial charge on any atom is -0.275 e. The van der Waals surface area contributed by atoms with E-state index in [1.54, 1.807) is 36.7 Å². The molecule has 0 saturated heterocycles. The lowest BCUT2D eigenvalue weighted by Gasteiger charge is -2.06. The Morgan fingerprint density at radius 2 is 2.00 bits per heavy atom. The smallest absolute Gasteiger partial charge is 0.180 e. The minimum absolute atomic E-state index is 0.341. The molecule has 1 aromatic heterocycles. The average Bonchev–Trinajstić information content (AvgIpc) is 2.56. The van der Waals surface area contributed by atoms with Gasteiger partial charge in [0.1, 0.15) is 0 Å². The van der Waals surface area contributed by atoms with Crippen LogP contribution in [0.3, 0.4) is 0 Å². The van der Waals surface area contributed by atoms with Gasteiger partial charge in [-0.3, -0.25) is 4.68 Å². The van der Waals surface area contributed by atoms with E-state index in [0.29, 0.717) is 10.4 Å². The lowest BCUT2D eigenvalue weighted by molar-refractivity contribution is 0.587. The molecule has 86 valence electrons. The number of sulfone groups is 1. The van der Waals surface area contributed by atoms with E-state index in [2.05, 4.69) is 5.10 Å². The summed E-state index contributed by atoms with van der Waals surface area (Å²) in [4.78, 5) is 0.341. The van der Waals surface area contributed by atoms with E-state index < -0.39 is 15.1 Å². The molecule has 0 radical (unpaired) electrons. The number of rotatable bonds is 2. The predicted octanol–water partition coefficient (Wildman–Crippen LogP) is 1.76. The second-order valence-corrected chi connectivity index (χ2v) is 6.62. The van der Waals surface area contributed by atoms with Gasteiger partial charge < -0.3 is 0 Å². The number of hydrogen-bond donors (Lipinski definition) is 0. The molecule has 0 bridgehead atoms. The normalized spacial score (nSPS) is 12.5. The van der Waals surface area contributed by atoms with Gasteiger partial charge in [0, 0.05) is 18.6 Å². The third-order valence-corrected chi connectivity index (χ3v) is 4.69. The van der Waals surface area contributed by atoms with Crippen LogP contribution in [0.5, 0.6) is 0 Å². The highest BCUT2D eigenvalue weighted by Gasteiger charge is 2.19. The molecule has 0 aliphatic heterocycles. The molecule has 0 aliphatic rings. The molecule has 5 heteroatoms. The Hall–Kier alpha value is -1.36. The van der Waals surface area contributed by atoms with Gasteiger partial charge in [-0.1, -0.05) is 0 Å². The van der Waals surface area contributed by atoms with Gasteiger partial charge in [-0.2, -0.15) is 5.10 Å². The van der Waals surface area contributed by atoms with Crippen molar-refractivity contribution in [2.75, 3.05) is 0 Å². The summed E-state index contributed by atoms with van der Waals surface area (Å²) < 4.78 is 25.6. The highest BCUT2D eigenvalue weighted by Crippen LogP contribution is 2.20. The van der Waals surface area contributed by atoms with Crippen molar-refractivity contribution in [2.45, 2.75) is 24.0 Å². The standard InChI is InChI=1S/C11H14N2O2S/c1-8(2)16(14,15)10-5-4-9-7-13(3)12-11(9)6-10/h4-8H,1-3H3. The second kappa shape index (κ2) is 3.59. The van der Waals surface area contributed by atoms with Crippen molar-refractivity contribution in [1.82, 2.24) is 9.78 Å². The van der Waals surface area contributed by atoms with E-state index in [9.17, 15) is 8.42 Å². The molecular formula is C11H14N2O2S. The van der Waals surface area contributed by atoms with Gasteiger partial charge in [0.2, 0.25) is 0 Å². The van der Waals surface area contributed by atoms with Gasteiger partial charge >= 0.3 is 0 Å². The fourth-order valence-corrected chi connectivity index (χ4v) is 2.65. The summed E-state index contributed by atoms with van der Waals surface area (Å²) in [5.74, 6) is 0. The molecular weight excluding hydrogens is 224 g/mol. The summed E-state index contributed by atoms with van der Waals surface area (Å²) in [7, 11) is -1.39. The highest BCUT2D eigenvalue weighted by molar-refractivity contribution is 7.92. The van der Waals surface area contributed by atoms with Crippen LogP contribution < -0.4 is 0 Å². The Bertz CT molecular complexity index is 626. The van der Waals surface area contributed by atoms with E-state index in [0.717, 1.165) is 5.39 Å². The fourth-order valence-electron chi connectivity index (χ4n) is 1.57. The maximum atomic E-state index is 11.9. The zero-order valence-corrected chi connectivity index (χ0v) is 10.3. The zero-order valence-electron chi connectivity index (χ0n) is 9.51. The van der Waals surface area contributed by atoms with E-state index in [1.165, 1.54) is 0 Å². The molecule has 0 saturated carbocycles. The van der Waals surface area contributed by atoms with Crippen LogP contribution in [0.1, 0.15) is 13.8 Å². The lowest BCUT2D eigenvalue weighted by Crippen LogP contribution is -2.13. The molecule has 0 unspecified atom stereocenters. The first-order chi connectivity index (χ1) is 7.41. The van der Waals surface area contributed by atoms with Crippen molar-refractivity contribution in [1.29, 1.82) is 0 Å². The van der Waals surface area contributed by atoms with Crippen LogP contribution in [0.2, 0.25) is 0 Å². The lowest BCUT2D eigenvalue weighted by atomic mass is 10.3. The number of aromatic nitrogens is 2. The summed E-state index contributed by atoms with van der Waals surface area (Å²) in [6.45, 7) is 3.36. The zero-order chi connectivity index (χ0) is 11.9. The van der Waals surface area contributed by atoms with Gasteiger partial charge in [-0.25, -0.2) is 8.42 Å². The summed E-state index contributed by atoms with van der Waals surface area (Å²) >= 11 is 0. The molecule has 16 heavy (non-hydrogen) atoms. The first-order valence-corrected chi connectivity index (χ1v) is 6.63. The Labute approximate surface area is 94.8 Å². The third-order valence-electron chi connectivity index (χ3n) is 2.54. The van der Waals surface area contributed by atoms with Gasteiger partial charge in [-0.15, -0.1) is 0 Å². The molecule has 0 amide bonds. The maximum Gasteiger partial charge on any atom is 0.180 e. The largest absolute Gasteiger partial charge is 0.275 e. The minimum atomic E-state index is -3.21. The molecule has 0 spiro atoms. The van der Waals surface area contributed by atoms with Crippen molar-refractivity contribution in [3.05, 3.63) is 24.4 Å². The number of nitrogens with zero attached hydrogens (tertiary/aromatic N) is 2. The molecule has 0 aliphatic carbocycles. The summed E-state index contributed by atoms with van der Waals surface area (Å²) in [6.07, 6.45) is 1.86. The molecule has 0 N–H and O–H groups in total. The SMILES string of the molecule is CC(C)S(=O)(=O)c1ccc2cn(C)nc2c1. The number of hydrogen-bond acceptors (Lipinski definition) is 3. The molecule has 2 aromatic rings.